The smallest absolute Gasteiger partial charge is 0.165 e. The molecule has 0 aromatic rings. The van der Waals surface area contributed by atoms with Crippen molar-refractivity contribution < 1.29 is 9.59 Å². The molecule has 0 aliphatic heterocycles. The maximum atomic E-state index is 11.0. The molecule has 0 spiro atoms. The molecule has 1 aliphatic carbocycles. The van der Waals surface area contributed by atoms with Crippen molar-refractivity contribution in [2.75, 3.05) is 0 Å². The van der Waals surface area contributed by atoms with E-state index in [0.717, 1.165) is 0 Å². The van der Waals surface area contributed by atoms with E-state index in [1.165, 1.54) is 6.08 Å². The fourth-order valence-electron chi connectivity index (χ4n) is 1.14. The lowest BCUT2D eigenvalue weighted by Gasteiger charge is -2.11. The van der Waals surface area contributed by atoms with Crippen molar-refractivity contribution in [3.8, 4) is 0 Å². The second-order valence-corrected chi connectivity index (χ2v) is 2.44. The molecule has 1 unspecified atom stereocenters. The Morgan fingerprint density at radius 2 is 2.30 bits per heavy atom. The summed E-state index contributed by atoms with van der Waals surface area (Å²) in [6, 6.07) is 0. The second kappa shape index (κ2) is 2.78. The highest BCUT2D eigenvalue weighted by atomic mass is 16.1. The number of carbonyl (C=O) groups is 2. The summed E-state index contributed by atoms with van der Waals surface area (Å²) in [7, 11) is 0. The van der Waals surface area contributed by atoms with Crippen LogP contribution in [0.5, 0.6) is 0 Å². The monoisotopic (exact) mass is 138 g/mol. The average Bonchev–Trinajstić information content (AvgIpc) is 1.88. The third-order valence-corrected chi connectivity index (χ3v) is 1.74. The summed E-state index contributed by atoms with van der Waals surface area (Å²) in [6.07, 6.45) is 4.22. The van der Waals surface area contributed by atoms with Gasteiger partial charge in [-0.2, -0.15) is 0 Å². The molecule has 0 heterocycles. The largest absolute Gasteiger partial charge is 0.299 e. The van der Waals surface area contributed by atoms with Crippen molar-refractivity contribution in [3.05, 3.63) is 12.2 Å². The summed E-state index contributed by atoms with van der Waals surface area (Å²) >= 11 is 0. The van der Waals surface area contributed by atoms with E-state index < -0.39 is 0 Å². The van der Waals surface area contributed by atoms with E-state index in [1.54, 1.807) is 6.08 Å². The van der Waals surface area contributed by atoms with Gasteiger partial charge in [0, 0.05) is 6.42 Å². The van der Waals surface area contributed by atoms with Crippen molar-refractivity contribution in [2.24, 2.45) is 5.92 Å². The van der Waals surface area contributed by atoms with Crippen molar-refractivity contribution in [1.29, 1.82) is 0 Å². The maximum Gasteiger partial charge on any atom is 0.165 e. The molecule has 0 amide bonds. The van der Waals surface area contributed by atoms with Crippen LogP contribution >= 0.6 is 0 Å². The molecule has 1 rings (SSSR count). The van der Waals surface area contributed by atoms with E-state index in [0.29, 0.717) is 12.8 Å². The quantitative estimate of drug-likeness (QED) is 0.508. The minimum absolute atomic E-state index is 0.0289. The first kappa shape index (κ1) is 7.19. The van der Waals surface area contributed by atoms with Gasteiger partial charge >= 0.3 is 0 Å². The fourth-order valence-corrected chi connectivity index (χ4v) is 1.14. The summed E-state index contributed by atoms with van der Waals surface area (Å²) in [5.41, 5.74) is 0. The minimum Gasteiger partial charge on any atom is -0.299 e. The van der Waals surface area contributed by atoms with E-state index in [2.05, 4.69) is 0 Å². The number of hydrogen-bond donors (Lipinski definition) is 0. The van der Waals surface area contributed by atoms with E-state index >= 15 is 0 Å². The van der Waals surface area contributed by atoms with Gasteiger partial charge in [-0.1, -0.05) is 13.0 Å². The zero-order valence-corrected chi connectivity index (χ0v) is 5.96. The molecule has 0 bridgehead atoms. The van der Waals surface area contributed by atoms with Gasteiger partial charge in [-0.05, 0) is 12.5 Å². The van der Waals surface area contributed by atoms with E-state index in [1.807, 2.05) is 6.92 Å². The molecule has 10 heavy (non-hydrogen) atoms. The van der Waals surface area contributed by atoms with Crippen LogP contribution in [0.1, 0.15) is 19.8 Å². The highest BCUT2D eigenvalue weighted by molar-refractivity contribution is 6.10. The predicted octanol–water partition coefficient (Wildman–Crippen LogP) is 1.11. The Hall–Kier alpha value is -0.920. The Bertz CT molecular complexity index is 191. The first-order valence-corrected chi connectivity index (χ1v) is 3.48. The van der Waals surface area contributed by atoms with Crippen LogP contribution in [0.2, 0.25) is 0 Å². The van der Waals surface area contributed by atoms with Crippen LogP contribution in [0.15, 0.2) is 12.2 Å². The zero-order valence-electron chi connectivity index (χ0n) is 5.96. The van der Waals surface area contributed by atoms with Gasteiger partial charge in [0.1, 0.15) is 5.78 Å². The summed E-state index contributed by atoms with van der Waals surface area (Å²) < 4.78 is 0. The third kappa shape index (κ3) is 1.15. The summed E-state index contributed by atoms with van der Waals surface area (Å²) in [5, 5.41) is 0. The SMILES string of the molecule is CCC1C(=O)C=CCC1=O. The van der Waals surface area contributed by atoms with Crippen LogP contribution in [0.4, 0.5) is 0 Å². The van der Waals surface area contributed by atoms with E-state index in [9.17, 15) is 9.59 Å². The molecule has 54 valence electrons. The van der Waals surface area contributed by atoms with Gasteiger partial charge in [0.2, 0.25) is 0 Å². The lowest BCUT2D eigenvalue weighted by Crippen LogP contribution is -2.24. The Morgan fingerprint density at radius 1 is 1.60 bits per heavy atom. The standard InChI is InChI=1S/C8H10O2/c1-2-6-7(9)4-3-5-8(6)10/h3-4,6H,2,5H2,1H3. The molecule has 0 saturated carbocycles. The van der Waals surface area contributed by atoms with E-state index in [4.69, 9.17) is 0 Å². The molecule has 0 aromatic heterocycles. The summed E-state index contributed by atoms with van der Waals surface area (Å²) in [6.45, 7) is 1.86. The van der Waals surface area contributed by atoms with Crippen LogP contribution in [0, 0.1) is 5.92 Å². The fraction of sp³-hybridized carbons (Fsp3) is 0.500. The lowest BCUT2D eigenvalue weighted by atomic mass is 9.90. The molecule has 1 atom stereocenters. The maximum absolute atomic E-state index is 11.0. The Balaban J connectivity index is 2.77. The highest BCUT2D eigenvalue weighted by Gasteiger charge is 2.24. The number of Topliss-reactive ketones (excluding diaryl/α,β-unsaturated/α-hetero) is 1. The first-order valence-electron chi connectivity index (χ1n) is 3.48. The Kier molecular flexibility index (Phi) is 2.00. The average molecular weight is 138 g/mol. The van der Waals surface area contributed by atoms with Gasteiger partial charge in [0.25, 0.3) is 0 Å². The van der Waals surface area contributed by atoms with Gasteiger partial charge in [0.15, 0.2) is 5.78 Å². The third-order valence-electron chi connectivity index (χ3n) is 1.74. The molecule has 2 heteroatoms. The van der Waals surface area contributed by atoms with Crippen LogP contribution in [-0.2, 0) is 9.59 Å². The van der Waals surface area contributed by atoms with Gasteiger partial charge < -0.3 is 0 Å². The number of carbonyl (C=O) groups excluding carboxylic acids is 2. The van der Waals surface area contributed by atoms with Crippen molar-refractivity contribution >= 4 is 11.6 Å². The molecule has 0 radical (unpaired) electrons. The van der Waals surface area contributed by atoms with Crippen molar-refractivity contribution in [1.82, 2.24) is 0 Å². The van der Waals surface area contributed by atoms with Crippen LogP contribution < -0.4 is 0 Å². The van der Waals surface area contributed by atoms with Crippen LogP contribution in [0.3, 0.4) is 0 Å². The zero-order chi connectivity index (χ0) is 7.56. The van der Waals surface area contributed by atoms with Gasteiger partial charge in [-0.15, -0.1) is 0 Å². The molecule has 1 aliphatic rings. The van der Waals surface area contributed by atoms with Crippen molar-refractivity contribution in [2.45, 2.75) is 19.8 Å². The highest BCUT2D eigenvalue weighted by Crippen LogP contribution is 2.13. The molecule has 0 N–H and O–H groups in total. The first-order chi connectivity index (χ1) is 4.75. The molecular weight excluding hydrogens is 128 g/mol. The molecule has 2 nitrogen and oxygen atoms in total. The van der Waals surface area contributed by atoms with E-state index in [-0.39, 0.29) is 17.5 Å². The normalized spacial score (nSPS) is 25.5. The van der Waals surface area contributed by atoms with Crippen molar-refractivity contribution in [3.63, 3.8) is 0 Å². The Labute approximate surface area is 59.9 Å². The molecule has 0 fully saturated rings. The van der Waals surface area contributed by atoms with Gasteiger partial charge in [0.05, 0.1) is 5.92 Å². The number of ketones is 2. The minimum atomic E-state index is -0.343. The summed E-state index contributed by atoms with van der Waals surface area (Å²) in [4.78, 5) is 21.9. The van der Waals surface area contributed by atoms with Crippen LogP contribution in [0.25, 0.3) is 0 Å². The number of hydrogen-bond acceptors (Lipinski definition) is 2. The number of rotatable bonds is 1. The molecular formula is C8H10O2. The second-order valence-electron chi connectivity index (χ2n) is 2.44. The molecule has 0 aromatic carbocycles. The lowest BCUT2D eigenvalue weighted by molar-refractivity contribution is -0.130. The summed E-state index contributed by atoms with van der Waals surface area (Å²) in [5.74, 6) is -0.307. The Morgan fingerprint density at radius 3 is 2.70 bits per heavy atom. The number of allylic oxidation sites excluding steroid dienone is 2. The predicted molar refractivity (Wildman–Crippen MR) is 37.6 cm³/mol. The van der Waals surface area contributed by atoms with Gasteiger partial charge in [-0.25, -0.2) is 0 Å². The molecule has 0 saturated heterocycles. The van der Waals surface area contributed by atoms with Gasteiger partial charge in [-0.3, -0.25) is 9.59 Å². The topological polar surface area (TPSA) is 34.1 Å². The van der Waals surface area contributed by atoms with Crippen LogP contribution in [-0.4, -0.2) is 11.6 Å².